The summed E-state index contributed by atoms with van der Waals surface area (Å²) < 4.78 is 0. The fraction of sp³-hybridized carbons (Fsp3) is 0.478. The zero-order valence-electron chi connectivity index (χ0n) is 16.4. The lowest BCUT2D eigenvalue weighted by atomic mass is 9.83. The van der Waals surface area contributed by atoms with Crippen LogP contribution in [0.15, 0.2) is 48.7 Å². The highest BCUT2D eigenvalue weighted by Crippen LogP contribution is 2.35. The molecule has 0 N–H and O–H groups in total. The molecule has 0 amide bonds. The number of carbonyl (C=O) groups is 1. The van der Waals surface area contributed by atoms with Crippen LogP contribution in [0, 0.1) is 11.8 Å². The molecule has 2 atom stereocenters. The van der Waals surface area contributed by atoms with E-state index in [0.717, 1.165) is 25.3 Å². The summed E-state index contributed by atoms with van der Waals surface area (Å²) in [5.74, 6) is 1.17. The van der Waals surface area contributed by atoms with Gasteiger partial charge in [0.15, 0.2) is 0 Å². The Bertz CT molecular complexity index is 722. The monoisotopic (exact) mass is 350 g/mol. The molecule has 26 heavy (non-hydrogen) atoms. The highest BCUT2D eigenvalue weighted by atomic mass is 16.1. The fourth-order valence-corrected chi connectivity index (χ4v) is 3.89. The van der Waals surface area contributed by atoms with Crippen molar-refractivity contribution in [2.75, 3.05) is 13.1 Å². The van der Waals surface area contributed by atoms with Crippen LogP contribution in [-0.2, 0) is 11.3 Å². The summed E-state index contributed by atoms with van der Waals surface area (Å²) >= 11 is 0. The van der Waals surface area contributed by atoms with E-state index in [1.807, 2.05) is 26.1 Å². The zero-order valence-corrected chi connectivity index (χ0v) is 16.4. The maximum absolute atomic E-state index is 12.9. The van der Waals surface area contributed by atoms with E-state index in [2.05, 4.69) is 60.1 Å². The summed E-state index contributed by atoms with van der Waals surface area (Å²) in [4.78, 5) is 19.9. The lowest BCUT2D eigenvalue weighted by Gasteiger charge is -2.19. The predicted molar refractivity (Wildman–Crippen MR) is 106 cm³/mol. The molecule has 3 rings (SSSR count). The summed E-state index contributed by atoms with van der Waals surface area (Å²) in [5, 5.41) is 0. The Hall–Kier alpha value is -2.00. The second-order valence-electron chi connectivity index (χ2n) is 8.12. The molecule has 0 bridgehead atoms. The van der Waals surface area contributed by atoms with Gasteiger partial charge < -0.3 is 0 Å². The Morgan fingerprint density at radius 2 is 1.81 bits per heavy atom. The van der Waals surface area contributed by atoms with E-state index >= 15 is 0 Å². The summed E-state index contributed by atoms with van der Waals surface area (Å²) in [5.41, 5.74) is 3.61. The lowest BCUT2D eigenvalue weighted by molar-refractivity contribution is -0.125. The van der Waals surface area contributed by atoms with Gasteiger partial charge in [-0.3, -0.25) is 14.7 Å². The van der Waals surface area contributed by atoms with Gasteiger partial charge in [-0.05, 0) is 23.1 Å². The number of Topliss-reactive ketones (excluding diaryl/α,β-unsaturated/α-hetero) is 1. The van der Waals surface area contributed by atoms with E-state index in [1.165, 1.54) is 11.1 Å². The van der Waals surface area contributed by atoms with Crippen molar-refractivity contribution in [1.29, 1.82) is 0 Å². The van der Waals surface area contributed by atoms with Crippen molar-refractivity contribution < 1.29 is 4.79 Å². The van der Waals surface area contributed by atoms with E-state index in [4.69, 9.17) is 0 Å². The number of benzene rings is 1. The zero-order chi connectivity index (χ0) is 18.7. The summed E-state index contributed by atoms with van der Waals surface area (Å²) in [7, 11) is 0. The minimum Gasteiger partial charge on any atom is -0.299 e. The van der Waals surface area contributed by atoms with Gasteiger partial charge >= 0.3 is 0 Å². The van der Waals surface area contributed by atoms with Gasteiger partial charge in [0.05, 0.1) is 0 Å². The van der Waals surface area contributed by atoms with Crippen LogP contribution in [0.2, 0.25) is 0 Å². The smallest absolute Gasteiger partial charge is 0.140 e. The number of aromatic nitrogens is 1. The van der Waals surface area contributed by atoms with Crippen molar-refractivity contribution in [3.05, 3.63) is 65.5 Å². The third kappa shape index (κ3) is 4.21. The number of nitrogens with zero attached hydrogens (tertiary/aromatic N) is 2. The molecule has 2 heterocycles. The van der Waals surface area contributed by atoms with Gasteiger partial charge in [0.1, 0.15) is 5.78 Å². The molecule has 3 nitrogen and oxygen atoms in total. The largest absolute Gasteiger partial charge is 0.299 e. The molecular formula is C23H30N2O. The molecule has 1 aliphatic rings. The molecule has 3 heteroatoms. The summed E-state index contributed by atoms with van der Waals surface area (Å²) in [6, 6.07) is 14.8. The molecule has 0 aliphatic carbocycles. The number of hydrogen-bond donors (Lipinski definition) is 0. The molecular weight excluding hydrogens is 320 g/mol. The Kier molecular flexibility index (Phi) is 5.87. The van der Waals surface area contributed by atoms with Crippen LogP contribution >= 0.6 is 0 Å². The third-order valence-electron chi connectivity index (χ3n) is 5.41. The Labute approximate surface area is 157 Å². The first-order chi connectivity index (χ1) is 12.5. The van der Waals surface area contributed by atoms with Gasteiger partial charge in [-0.15, -0.1) is 0 Å². The molecule has 0 saturated carbocycles. The minimum atomic E-state index is 0.0606. The number of ketones is 1. The minimum absolute atomic E-state index is 0.0606. The molecule has 2 aromatic rings. The van der Waals surface area contributed by atoms with Crippen LogP contribution in [0.5, 0.6) is 0 Å². The maximum Gasteiger partial charge on any atom is 0.140 e. The van der Waals surface area contributed by atoms with Crippen molar-refractivity contribution in [1.82, 2.24) is 9.88 Å². The van der Waals surface area contributed by atoms with Crippen LogP contribution < -0.4 is 0 Å². The first kappa shape index (κ1) is 18.8. The molecule has 0 spiro atoms. The van der Waals surface area contributed by atoms with Crippen molar-refractivity contribution in [3.8, 4) is 0 Å². The number of likely N-dealkylation sites (tertiary alicyclic amines) is 1. The number of pyridine rings is 1. The van der Waals surface area contributed by atoms with Crippen molar-refractivity contribution in [3.63, 3.8) is 0 Å². The lowest BCUT2D eigenvalue weighted by Crippen LogP contribution is -2.26. The predicted octanol–water partition coefficient (Wildman–Crippen LogP) is 4.65. The van der Waals surface area contributed by atoms with Crippen molar-refractivity contribution in [2.24, 2.45) is 11.8 Å². The van der Waals surface area contributed by atoms with E-state index in [0.29, 0.717) is 11.7 Å². The highest BCUT2D eigenvalue weighted by molar-refractivity contribution is 5.84. The molecule has 1 saturated heterocycles. The molecule has 1 fully saturated rings. The third-order valence-corrected chi connectivity index (χ3v) is 5.41. The van der Waals surface area contributed by atoms with E-state index < -0.39 is 0 Å². The number of carbonyl (C=O) groups excluding carboxylic acids is 1. The van der Waals surface area contributed by atoms with Gasteiger partial charge in [0.2, 0.25) is 0 Å². The first-order valence-corrected chi connectivity index (χ1v) is 9.71. The molecule has 1 aliphatic heterocycles. The normalized spacial score (nSPS) is 20.8. The quantitative estimate of drug-likeness (QED) is 0.760. The van der Waals surface area contributed by atoms with Crippen molar-refractivity contribution >= 4 is 5.78 Å². The van der Waals surface area contributed by atoms with Gasteiger partial charge in [-0.2, -0.15) is 0 Å². The molecule has 1 aromatic carbocycles. The SMILES string of the molecule is CC(C)C(=O)C1CN(Cc2ccccc2)CC1c1ccc(C(C)C)nc1. The number of rotatable bonds is 6. The van der Waals surface area contributed by atoms with Crippen LogP contribution in [0.1, 0.15) is 56.4 Å². The molecule has 2 unspecified atom stereocenters. The standard InChI is InChI=1S/C23H30N2O/c1-16(2)22-11-10-19(12-24-22)20-14-25(13-18-8-6-5-7-9-18)15-21(20)23(26)17(3)4/h5-12,16-17,20-21H,13-15H2,1-4H3. The Morgan fingerprint density at radius 1 is 1.08 bits per heavy atom. The van der Waals surface area contributed by atoms with Gasteiger partial charge in [-0.1, -0.05) is 64.1 Å². The van der Waals surface area contributed by atoms with E-state index in [-0.39, 0.29) is 17.8 Å². The second kappa shape index (κ2) is 8.13. The van der Waals surface area contributed by atoms with Crippen LogP contribution in [0.3, 0.4) is 0 Å². The van der Waals surface area contributed by atoms with Gasteiger partial charge in [0.25, 0.3) is 0 Å². The van der Waals surface area contributed by atoms with Crippen molar-refractivity contribution in [2.45, 2.75) is 46.1 Å². The Balaban J connectivity index is 1.81. The first-order valence-electron chi connectivity index (χ1n) is 9.71. The van der Waals surface area contributed by atoms with Crippen LogP contribution in [-0.4, -0.2) is 28.8 Å². The molecule has 0 radical (unpaired) electrons. The molecule has 1 aromatic heterocycles. The number of hydrogen-bond acceptors (Lipinski definition) is 3. The van der Waals surface area contributed by atoms with Crippen LogP contribution in [0.25, 0.3) is 0 Å². The van der Waals surface area contributed by atoms with E-state index in [1.54, 1.807) is 0 Å². The summed E-state index contributed by atoms with van der Waals surface area (Å²) in [6.45, 7) is 11.0. The highest BCUT2D eigenvalue weighted by Gasteiger charge is 2.39. The Morgan fingerprint density at radius 3 is 2.38 bits per heavy atom. The average molecular weight is 351 g/mol. The molecule has 138 valence electrons. The fourth-order valence-electron chi connectivity index (χ4n) is 3.89. The second-order valence-corrected chi connectivity index (χ2v) is 8.12. The van der Waals surface area contributed by atoms with Crippen LogP contribution in [0.4, 0.5) is 0 Å². The van der Waals surface area contributed by atoms with Gasteiger partial charge in [0, 0.05) is 49.3 Å². The average Bonchev–Trinajstić information content (AvgIpc) is 3.05. The summed E-state index contributed by atoms with van der Waals surface area (Å²) in [6.07, 6.45) is 1.99. The topological polar surface area (TPSA) is 33.2 Å². The van der Waals surface area contributed by atoms with Gasteiger partial charge in [-0.25, -0.2) is 0 Å². The van der Waals surface area contributed by atoms with E-state index in [9.17, 15) is 4.79 Å². The maximum atomic E-state index is 12.9.